The zero-order valence-corrected chi connectivity index (χ0v) is 16.1. The topological polar surface area (TPSA) is 141 Å². The van der Waals surface area contributed by atoms with Crippen LogP contribution in [0, 0.1) is 10.1 Å². The van der Waals surface area contributed by atoms with Gasteiger partial charge in [0.25, 0.3) is 5.91 Å². The number of rotatable bonds is 7. The fraction of sp³-hybridized carbons (Fsp3) is 0.267. The third-order valence-corrected chi connectivity index (χ3v) is 3.97. The number of phenols is 1. The highest BCUT2D eigenvalue weighted by Crippen LogP contribution is 2.32. The predicted octanol–water partition coefficient (Wildman–Crippen LogP) is 1.99. The zero-order valence-electron chi connectivity index (χ0n) is 14.5. The minimum absolute atomic E-state index is 0.140. The van der Waals surface area contributed by atoms with Crippen molar-refractivity contribution in [3.8, 4) is 17.4 Å². The highest BCUT2D eigenvalue weighted by molar-refractivity contribution is 9.10. The van der Waals surface area contributed by atoms with Crippen LogP contribution in [0.1, 0.15) is 18.5 Å². The van der Waals surface area contributed by atoms with Gasteiger partial charge < -0.3 is 14.6 Å². The molecule has 0 fully saturated rings. The summed E-state index contributed by atoms with van der Waals surface area (Å²) in [5.41, 5.74) is 2.24. The third kappa shape index (κ3) is 4.53. The van der Waals surface area contributed by atoms with Crippen LogP contribution < -0.4 is 14.9 Å². The first-order chi connectivity index (χ1) is 12.8. The van der Waals surface area contributed by atoms with Gasteiger partial charge in [0.2, 0.25) is 0 Å². The SMILES string of the molecule is COc1cc(Br)cc(/C=N\NC(=O)C(C)n2cc([N+](=O)[O-])c(OC)n2)c1O. The van der Waals surface area contributed by atoms with Gasteiger partial charge in [0.05, 0.1) is 25.4 Å². The van der Waals surface area contributed by atoms with E-state index in [0.29, 0.717) is 10.0 Å². The number of nitro groups is 1. The van der Waals surface area contributed by atoms with Gasteiger partial charge in [-0.2, -0.15) is 5.10 Å². The lowest BCUT2D eigenvalue weighted by atomic mass is 10.2. The second kappa shape index (κ2) is 8.49. The van der Waals surface area contributed by atoms with Crippen molar-refractivity contribution in [2.24, 2.45) is 5.10 Å². The molecule has 0 bridgehead atoms. The van der Waals surface area contributed by atoms with Crippen LogP contribution in [0.3, 0.4) is 0 Å². The molecule has 12 heteroatoms. The summed E-state index contributed by atoms with van der Waals surface area (Å²) in [7, 11) is 2.65. The van der Waals surface area contributed by atoms with E-state index in [2.05, 4.69) is 31.6 Å². The number of amides is 1. The molecule has 2 N–H and O–H groups in total. The Bertz CT molecular complexity index is 897. The van der Waals surface area contributed by atoms with E-state index in [1.54, 1.807) is 12.1 Å². The van der Waals surface area contributed by atoms with Gasteiger partial charge >= 0.3 is 11.6 Å². The number of hydrogen-bond acceptors (Lipinski definition) is 8. The van der Waals surface area contributed by atoms with Gasteiger partial charge in [0.1, 0.15) is 12.2 Å². The summed E-state index contributed by atoms with van der Waals surface area (Å²) in [6.45, 7) is 1.49. The average molecular weight is 442 g/mol. The number of benzene rings is 1. The molecule has 1 amide bonds. The number of aromatic nitrogens is 2. The van der Waals surface area contributed by atoms with Crippen molar-refractivity contribution in [1.82, 2.24) is 15.2 Å². The van der Waals surface area contributed by atoms with Crippen molar-refractivity contribution in [1.29, 1.82) is 0 Å². The normalized spacial score (nSPS) is 12.0. The summed E-state index contributed by atoms with van der Waals surface area (Å²) in [6, 6.07) is 2.26. The molecule has 144 valence electrons. The van der Waals surface area contributed by atoms with Crippen LogP contribution in [-0.4, -0.2) is 46.2 Å². The number of carbonyl (C=O) groups is 1. The summed E-state index contributed by atoms with van der Waals surface area (Å²) in [4.78, 5) is 22.5. The van der Waals surface area contributed by atoms with Crippen LogP contribution in [0.2, 0.25) is 0 Å². The Balaban J connectivity index is 2.13. The largest absolute Gasteiger partial charge is 0.504 e. The smallest absolute Gasteiger partial charge is 0.350 e. The Morgan fingerprint density at radius 3 is 2.74 bits per heavy atom. The number of carbonyl (C=O) groups excluding carboxylic acids is 1. The fourth-order valence-corrected chi connectivity index (χ4v) is 2.52. The van der Waals surface area contributed by atoms with Crippen LogP contribution in [-0.2, 0) is 4.79 Å². The lowest BCUT2D eigenvalue weighted by Crippen LogP contribution is -2.27. The molecule has 11 nitrogen and oxygen atoms in total. The molecular formula is C15H16BrN5O6. The number of halogens is 1. The van der Waals surface area contributed by atoms with Crippen LogP contribution >= 0.6 is 15.9 Å². The minimum atomic E-state index is -0.893. The number of ether oxygens (including phenoxy) is 2. The van der Waals surface area contributed by atoms with Gasteiger partial charge in [-0.05, 0) is 19.1 Å². The minimum Gasteiger partial charge on any atom is -0.504 e. The third-order valence-electron chi connectivity index (χ3n) is 3.51. The lowest BCUT2D eigenvalue weighted by molar-refractivity contribution is -0.385. The molecule has 0 spiro atoms. The maximum atomic E-state index is 12.2. The molecule has 0 aliphatic carbocycles. The molecule has 1 atom stereocenters. The van der Waals surface area contributed by atoms with Crippen molar-refractivity contribution in [2.75, 3.05) is 14.2 Å². The first-order valence-electron chi connectivity index (χ1n) is 7.45. The van der Waals surface area contributed by atoms with Gasteiger partial charge in [-0.1, -0.05) is 15.9 Å². The molecule has 0 radical (unpaired) electrons. The maximum Gasteiger partial charge on any atom is 0.350 e. The summed E-state index contributed by atoms with van der Waals surface area (Å²) >= 11 is 3.27. The van der Waals surface area contributed by atoms with E-state index in [-0.39, 0.29) is 23.1 Å². The van der Waals surface area contributed by atoms with E-state index in [0.717, 1.165) is 10.9 Å². The number of nitrogens with zero attached hydrogens (tertiary/aromatic N) is 4. The van der Waals surface area contributed by atoms with Crippen molar-refractivity contribution in [3.63, 3.8) is 0 Å². The Hall–Kier alpha value is -3.15. The quantitative estimate of drug-likeness (QED) is 0.380. The van der Waals surface area contributed by atoms with Crippen LogP contribution in [0.4, 0.5) is 5.69 Å². The van der Waals surface area contributed by atoms with Gasteiger partial charge in [0.15, 0.2) is 11.5 Å². The second-order valence-corrected chi connectivity index (χ2v) is 6.13. The lowest BCUT2D eigenvalue weighted by Gasteiger charge is -2.09. The van der Waals surface area contributed by atoms with E-state index in [4.69, 9.17) is 9.47 Å². The second-order valence-electron chi connectivity index (χ2n) is 5.22. The molecule has 1 unspecified atom stereocenters. The van der Waals surface area contributed by atoms with E-state index in [9.17, 15) is 20.0 Å². The number of aromatic hydroxyl groups is 1. The van der Waals surface area contributed by atoms with Crippen molar-refractivity contribution < 1.29 is 24.3 Å². The van der Waals surface area contributed by atoms with Crippen LogP contribution in [0.5, 0.6) is 17.4 Å². The summed E-state index contributed by atoms with van der Waals surface area (Å²) in [5, 5.41) is 28.6. The molecule has 0 aliphatic heterocycles. The summed E-state index contributed by atoms with van der Waals surface area (Å²) < 4.78 is 11.6. The zero-order chi connectivity index (χ0) is 20.1. The molecule has 0 saturated carbocycles. The van der Waals surface area contributed by atoms with Gasteiger partial charge in [-0.25, -0.2) is 10.1 Å². The molecule has 1 heterocycles. The fourth-order valence-electron chi connectivity index (χ4n) is 2.06. The van der Waals surface area contributed by atoms with Crippen molar-refractivity contribution >= 4 is 33.7 Å². The molecule has 2 rings (SSSR count). The van der Waals surface area contributed by atoms with E-state index in [1.165, 1.54) is 27.4 Å². The van der Waals surface area contributed by atoms with Gasteiger partial charge in [-0.15, -0.1) is 5.10 Å². The van der Waals surface area contributed by atoms with E-state index in [1.807, 2.05) is 0 Å². The molecule has 27 heavy (non-hydrogen) atoms. The highest BCUT2D eigenvalue weighted by Gasteiger charge is 2.25. The Morgan fingerprint density at radius 2 is 2.19 bits per heavy atom. The summed E-state index contributed by atoms with van der Waals surface area (Å²) in [6.07, 6.45) is 2.33. The predicted molar refractivity (Wildman–Crippen MR) is 98.2 cm³/mol. The molecule has 0 saturated heterocycles. The Morgan fingerprint density at radius 1 is 1.48 bits per heavy atom. The molecule has 1 aromatic heterocycles. The number of phenolic OH excluding ortho intramolecular Hbond substituents is 1. The first kappa shape index (κ1) is 20.2. The van der Waals surface area contributed by atoms with Gasteiger partial charge in [-0.3, -0.25) is 14.9 Å². The van der Waals surface area contributed by atoms with Crippen LogP contribution in [0.15, 0.2) is 27.9 Å². The van der Waals surface area contributed by atoms with Crippen molar-refractivity contribution in [3.05, 3.63) is 38.5 Å². The standard InChI is InChI=1S/C15H16BrN5O6/c1-8(20-7-11(21(24)25)15(19-20)27-3)14(23)18-17-6-9-4-10(16)5-12(26-2)13(9)22/h4-8,22H,1-3H3,(H,18,23)/b17-6-. The molecule has 2 aromatic rings. The number of methoxy groups -OCH3 is 2. The van der Waals surface area contributed by atoms with Gasteiger partial charge in [0, 0.05) is 10.0 Å². The summed E-state index contributed by atoms with van der Waals surface area (Å²) in [5.74, 6) is -0.678. The first-order valence-corrected chi connectivity index (χ1v) is 8.24. The highest BCUT2D eigenvalue weighted by atomic mass is 79.9. The Labute approximate surface area is 161 Å². The van der Waals surface area contributed by atoms with E-state index >= 15 is 0 Å². The van der Waals surface area contributed by atoms with Crippen molar-refractivity contribution in [2.45, 2.75) is 13.0 Å². The van der Waals surface area contributed by atoms with E-state index < -0.39 is 16.9 Å². The molecule has 0 aliphatic rings. The average Bonchev–Trinajstić information content (AvgIpc) is 3.08. The number of hydrogen-bond donors (Lipinski definition) is 2. The van der Waals surface area contributed by atoms with Crippen LogP contribution in [0.25, 0.3) is 0 Å². The monoisotopic (exact) mass is 441 g/mol. The Kier molecular flexibility index (Phi) is 6.34. The number of hydrazone groups is 1. The molecule has 1 aromatic carbocycles. The number of nitrogens with one attached hydrogen (secondary N) is 1. The maximum absolute atomic E-state index is 12.2. The molecular weight excluding hydrogens is 426 g/mol.